The van der Waals surface area contributed by atoms with Gasteiger partial charge in [0.2, 0.25) is 5.89 Å². The van der Waals surface area contributed by atoms with Crippen molar-refractivity contribution in [2.45, 2.75) is 20.8 Å². The van der Waals surface area contributed by atoms with Crippen molar-refractivity contribution in [1.82, 2.24) is 9.97 Å². The Morgan fingerprint density at radius 3 is 2.57 bits per heavy atom. The lowest BCUT2D eigenvalue weighted by molar-refractivity contribution is -0.118. The van der Waals surface area contributed by atoms with E-state index >= 15 is 0 Å². The Labute approximate surface area is 178 Å². The van der Waals surface area contributed by atoms with Crippen LogP contribution in [-0.2, 0) is 4.79 Å². The predicted octanol–water partition coefficient (Wildman–Crippen LogP) is 5.49. The van der Waals surface area contributed by atoms with E-state index in [-0.39, 0.29) is 12.5 Å². The van der Waals surface area contributed by atoms with Crippen LogP contribution < -0.4 is 10.1 Å². The molecule has 7 heteroatoms. The number of nitrogens with zero attached hydrogens (tertiary/aromatic N) is 2. The van der Waals surface area contributed by atoms with E-state index in [4.69, 9.17) is 20.8 Å². The number of anilines is 1. The van der Waals surface area contributed by atoms with Crippen molar-refractivity contribution in [3.63, 3.8) is 0 Å². The number of ether oxygens (including phenoxy) is 1. The normalized spacial score (nSPS) is 10.9. The largest absolute Gasteiger partial charge is 0.484 e. The highest BCUT2D eigenvalue weighted by Crippen LogP contribution is 2.28. The molecule has 2 heterocycles. The predicted molar refractivity (Wildman–Crippen MR) is 117 cm³/mol. The number of aryl methyl sites for hydroxylation is 3. The van der Waals surface area contributed by atoms with Crippen LogP contribution in [0.15, 0.2) is 53.1 Å². The number of oxazole rings is 1. The van der Waals surface area contributed by atoms with Crippen molar-refractivity contribution < 1.29 is 13.9 Å². The third kappa shape index (κ3) is 4.14. The van der Waals surface area contributed by atoms with Gasteiger partial charge in [0.15, 0.2) is 17.8 Å². The summed E-state index contributed by atoms with van der Waals surface area (Å²) < 4.78 is 11.4. The summed E-state index contributed by atoms with van der Waals surface area (Å²) in [6, 6.07) is 12.8. The summed E-state index contributed by atoms with van der Waals surface area (Å²) in [6.07, 6.45) is 1.67. The topological polar surface area (TPSA) is 77.3 Å². The molecule has 1 amide bonds. The molecule has 0 spiro atoms. The first-order chi connectivity index (χ1) is 14.4. The van der Waals surface area contributed by atoms with Crippen LogP contribution in [-0.4, -0.2) is 22.5 Å². The van der Waals surface area contributed by atoms with E-state index in [2.05, 4.69) is 15.3 Å². The smallest absolute Gasteiger partial charge is 0.262 e. The van der Waals surface area contributed by atoms with Crippen LogP contribution in [0.5, 0.6) is 5.75 Å². The summed E-state index contributed by atoms with van der Waals surface area (Å²) in [5, 5.41) is 3.58. The van der Waals surface area contributed by atoms with Gasteiger partial charge in [0.25, 0.3) is 5.91 Å². The summed E-state index contributed by atoms with van der Waals surface area (Å²) in [4.78, 5) is 20.9. The number of hydrogen-bond donors (Lipinski definition) is 1. The number of halogens is 1. The fraction of sp³-hybridized carbons (Fsp3) is 0.174. The van der Waals surface area contributed by atoms with Crippen LogP contribution in [0.4, 0.5) is 5.69 Å². The molecule has 0 atom stereocenters. The molecule has 0 saturated heterocycles. The maximum Gasteiger partial charge on any atom is 0.262 e. The fourth-order valence-electron chi connectivity index (χ4n) is 3.15. The maximum absolute atomic E-state index is 12.3. The van der Waals surface area contributed by atoms with Crippen LogP contribution in [0.1, 0.15) is 16.7 Å². The molecule has 0 aliphatic heterocycles. The molecule has 152 valence electrons. The SMILES string of the molecule is Cc1cc(-c2nc3ncccc3o2)ccc1NC(=O)COc1cc(C)c(Cl)c(C)c1. The van der Waals surface area contributed by atoms with E-state index in [1.807, 2.05) is 57.2 Å². The second-order valence-electron chi connectivity index (χ2n) is 7.08. The molecule has 2 aromatic carbocycles. The molecule has 30 heavy (non-hydrogen) atoms. The Bertz CT molecular complexity index is 1190. The van der Waals surface area contributed by atoms with E-state index in [0.29, 0.717) is 33.6 Å². The van der Waals surface area contributed by atoms with Gasteiger partial charge in [-0.1, -0.05) is 11.6 Å². The molecular formula is C23H20ClN3O3. The van der Waals surface area contributed by atoms with Gasteiger partial charge in [-0.25, -0.2) is 4.98 Å². The Balaban J connectivity index is 1.44. The van der Waals surface area contributed by atoms with E-state index in [1.54, 1.807) is 12.3 Å². The molecule has 0 aliphatic carbocycles. The lowest BCUT2D eigenvalue weighted by Gasteiger charge is -2.12. The molecule has 0 bridgehead atoms. The number of benzene rings is 2. The average Bonchev–Trinajstić information content (AvgIpc) is 3.16. The Morgan fingerprint density at radius 1 is 1.10 bits per heavy atom. The molecule has 4 rings (SSSR count). The number of amides is 1. The van der Waals surface area contributed by atoms with Gasteiger partial charge in [-0.2, -0.15) is 4.98 Å². The molecule has 2 aromatic heterocycles. The zero-order valence-electron chi connectivity index (χ0n) is 16.8. The number of carbonyl (C=O) groups is 1. The fourth-order valence-corrected chi connectivity index (χ4v) is 3.26. The van der Waals surface area contributed by atoms with Gasteiger partial charge in [0.1, 0.15) is 5.75 Å². The van der Waals surface area contributed by atoms with Crippen LogP contribution in [0.25, 0.3) is 22.7 Å². The first-order valence-electron chi connectivity index (χ1n) is 9.42. The lowest BCUT2D eigenvalue weighted by atomic mass is 10.1. The monoisotopic (exact) mass is 421 g/mol. The molecule has 1 N–H and O–H groups in total. The van der Waals surface area contributed by atoms with E-state index in [0.717, 1.165) is 22.3 Å². The van der Waals surface area contributed by atoms with Crippen LogP contribution in [0.2, 0.25) is 5.02 Å². The second kappa shape index (κ2) is 8.16. The van der Waals surface area contributed by atoms with Gasteiger partial charge in [0.05, 0.1) is 0 Å². The van der Waals surface area contributed by atoms with Crippen molar-refractivity contribution in [1.29, 1.82) is 0 Å². The summed E-state index contributed by atoms with van der Waals surface area (Å²) >= 11 is 6.17. The molecule has 6 nitrogen and oxygen atoms in total. The molecule has 0 unspecified atom stereocenters. The summed E-state index contributed by atoms with van der Waals surface area (Å²) in [6.45, 7) is 5.62. The third-order valence-corrected chi connectivity index (χ3v) is 5.29. The summed E-state index contributed by atoms with van der Waals surface area (Å²) in [7, 11) is 0. The van der Waals surface area contributed by atoms with Gasteiger partial charge in [-0.15, -0.1) is 0 Å². The summed E-state index contributed by atoms with van der Waals surface area (Å²) in [5.41, 5.74) is 5.41. The van der Waals surface area contributed by atoms with Crippen LogP contribution in [0.3, 0.4) is 0 Å². The van der Waals surface area contributed by atoms with Gasteiger partial charge < -0.3 is 14.5 Å². The molecule has 0 fully saturated rings. The van der Waals surface area contributed by atoms with Crippen LogP contribution >= 0.6 is 11.6 Å². The first kappa shape index (κ1) is 19.9. The molecule has 0 aliphatic rings. The van der Waals surface area contributed by atoms with Gasteiger partial charge in [-0.05, 0) is 79.9 Å². The highest BCUT2D eigenvalue weighted by Gasteiger charge is 2.12. The molecular weight excluding hydrogens is 402 g/mol. The number of nitrogens with one attached hydrogen (secondary N) is 1. The molecule has 0 saturated carbocycles. The van der Waals surface area contributed by atoms with Gasteiger partial charge >= 0.3 is 0 Å². The van der Waals surface area contributed by atoms with Crippen molar-refractivity contribution >= 4 is 34.4 Å². The molecule has 4 aromatic rings. The zero-order valence-corrected chi connectivity index (χ0v) is 17.6. The lowest BCUT2D eigenvalue weighted by Crippen LogP contribution is -2.20. The first-order valence-corrected chi connectivity index (χ1v) is 9.80. The minimum Gasteiger partial charge on any atom is -0.484 e. The Morgan fingerprint density at radius 2 is 1.87 bits per heavy atom. The van der Waals surface area contributed by atoms with E-state index in [1.165, 1.54) is 0 Å². The Hall–Kier alpha value is -3.38. The van der Waals surface area contributed by atoms with Crippen molar-refractivity contribution in [3.05, 3.63) is 70.4 Å². The third-order valence-electron chi connectivity index (χ3n) is 4.69. The minimum absolute atomic E-state index is 0.0987. The van der Waals surface area contributed by atoms with Gasteiger partial charge in [-0.3, -0.25) is 4.79 Å². The van der Waals surface area contributed by atoms with E-state index in [9.17, 15) is 4.79 Å². The number of aromatic nitrogens is 2. The second-order valence-corrected chi connectivity index (χ2v) is 7.46. The summed E-state index contributed by atoms with van der Waals surface area (Å²) in [5.74, 6) is 0.852. The number of rotatable bonds is 5. The Kier molecular flexibility index (Phi) is 5.42. The average molecular weight is 422 g/mol. The van der Waals surface area contributed by atoms with Crippen molar-refractivity contribution in [2.75, 3.05) is 11.9 Å². The molecule has 0 radical (unpaired) electrons. The number of fused-ring (bicyclic) bond motifs is 1. The quantitative estimate of drug-likeness (QED) is 0.461. The number of pyridine rings is 1. The van der Waals surface area contributed by atoms with Crippen molar-refractivity contribution in [3.8, 4) is 17.2 Å². The standard InChI is InChI=1S/C23H20ClN3O3/c1-13-9-16(23-27-22-19(30-23)5-4-8-25-22)6-7-18(13)26-20(28)12-29-17-10-14(2)21(24)15(3)11-17/h4-11H,12H2,1-3H3,(H,26,28). The van der Waals surface area contributed by atoms with Gasteiger partial charge in [0, 0.05) is 22.5 Å². The van der Waals surface area contributed by atoms with E-state index < -0.39 is 0 Å². The number of carbonyl (C=O) groups excluding carboxylic acids is 1. The zero-order chi connectivity index (χ0) is 21.3. The highest BCUT2D eigenvalue weighted by molar-refractivity contribution is 6.32. The highest BCUT2D eigenvalue weighted by atomic mass is 35.5. The minimum atomic E-state index is -0.248. The maximum atomic E-state index is 12.3. The number of hydrogen-bond acceptors (Lipinski definition) is 5. The van der Waals surface area contributed by atoms with Crippen molar-refractivity contribution in [2.24, 2.45) is 0 Å². The van der Waals surface area contributed by atoms with Crippen LogP contribution in [0, 0.1) is 20.8 Å².